The molecule has 2 heterocycles. The Labute approximate surface area is 147 Å². The molecule has 2 aromatic rings. The monoisotopic (exact) mass is 363 g/mol. The summed E-state index contributed by atoms with van der Waals surface area (Å²) in [5.41, 5.74) is 1.01. The van der Waals surface area contributed by atoms with E-state index in [-0.39, 0.29) is 22.7 Å². The fourth-order valence-corrected chi connectivity index (χ4v) is 4.65. The Bertz CT molecular complexity index is 858. The molecule has 8 heteroatoms. The van der Waals surface area contributed by atoms with Gasteiger partial charge in [-0.15, -0.1) is 0 Å². The minimum atomic E-state index is -3.54. The van der Waals surface area contributed by atoms with Gasteiger partial charge in [-0.1, -0.05) is 11.6 Å². The highest BCUT2D eigenvalue weighted by Crippen LogP contribution is 2.25. The average molecular weight is 363 g/mol. The molecule has 0 radical (unpaired) electrons. The van der Waals surface area contributed by atoms with Gasteiger partial charge in [-0.05, 0) is 51.0 Å². The molecule has 1 amide bonds. The van der Waals surface area contributed by atoms with Gasteiger partial charge in [0.15, 0.2) is 0 Å². The molecule has 1 saturated heterocycles. The van der Waals surface area contributed by atoms with Crippen molar-refractivity contribution in [2.45, 2.75) is 44.0 Å². The standard InChI is InChI=1S/C17H21N3O4S/c1-12-11-16(24-19-12)18-17(21)14-6-8-15(9-7-14)25(22,23)20-10-4-3-5-13(20)2/h6-9,11,13H,3-5,10H2,1-2H3,(H,18,21)/t13-/m0/s1. The lowest BCUT2D eigenvalue weighted by Crippen LogP contribution is -2.41. The van der Waals surface area contributed by atoms with Crippen molar-refractivity contribution in [1.82, 2.24) is 9.46 Å². The number of amides is 1. The Morgan fingerprint density at radius 3 is 2.60 bits per heavy atom. The van der Waals surface area contributed by atoms with E-state index in [1.54, 1.807) is 17.3 Å². The molecule has 1 aromatic heterocycles. The van der Waals surface area contributed by atoms with Crippen LogP contribution in [-0.4, -0.2) is 36.4 Å². The van der Waals surface area contributed by atoms with E-state index in [9.17, 15) is 13.2 Å². The number of hydrogen-bond donors (Lipinski definition) is 1. The molecule has 0 aliphatic carbocycles. The van der Waals surface area contributed by atoms with Crippen LogP contribution in [0.25, 0.3) is 0 Å². The number of nitrogens with one attached hydrogen (secondary N) is 1. The number of carbonyl (C=O) groups excluding carboxylic acids is 1. The highest BCUT2D eigenvalue weighted by molar-refractivity contribution is 7.89. The third-order valence-electron chi connectivity index (χ3n) is 4.33. The van der Waals surface area contributed by atoms with E-state index in [0.717, 1.165) is 19.3 Å². The number of anilines is 1. The predicted octanol–water partition coefficient (Wildman–Crippen LogP) is 2.80. The second-order valence-electron chi connectivity index (χ2n) is 6.27. The van der Waals surface area contributed by atoms with Gasteiger partial charge >= 0.3 is 0 Å². The van der Waals surface area contributed by atoms with Crippen molar-refractivity contribution in [3.63, 3.8) is 0 Å². The minimum Gasteiger partial charge on any atom is -0.338 e. The highest BCUT2D eigenvalue weighted by atomic mass is 32.2. The molecule has 0 saturated carbocycles. The van der Waals surface area contributed by atoms with Crippen LogP contribution in [0.1, 0.15) is 42.2 Å². The molecule has 134 valence electrons. The third kappa shape index (κ3) is 3.74. The summed E-state index contributed by atoms with van der Waals surface area (Å²) in [7, 11) is -3.54. The second kappa shape index (κ2) is 6.97. The van der Waals surface area contributed by atoms with Crippen LogP contribution in [0.3, 0.4) is 0 Å². The lowest BCUT2D eigenvalue weighted by atomic mass is 10.1. The zero-order valence-electron chi connectivity index (χ0n) is 14.2. The first-order chi connectivity index (χ1) is 11.9. The van der Waals surface area contributed by atoms with Crippen LogP contribution < -0.4 is 5.32 Å². The minimum absolute atomic E-state index is 0.00332. The molecule has 0 bridgehead atoms. The predicted molar refractivity (Wildman–Crippen MR) is 92.8 cm³/mol. The largest absolute Gasteiger partial charge is 0.338 e. The van der Waals surface area contributed by atoms with Crippen molar-refractivity contribution in [2.24, 2.45) is 0 Å². The maximum Gasteiger partial charge on any atom is 0.258 e. The number of aryl methyl sites for hydroxylation is 1. The number of piperidine rings is 1. The summed E-state index contributed by atoms with van der Waals surface area (Å²) in [6.07, 6.45) is 2.80. The summed E-state index contributed by atoms with van der Waals surface area (Å²) in [5.74, 6) is -0.132. The number of benzene rings is 1. The number of rotatable bonds is 4. The number of sulfonamides is 1. The third-order valence-corrected chi connectivity index (χ3v) is 6.36. The maximum absolute atomic E-state index is 12.8. The van der Waals surface area contributed by atoms with Crippen molar-refractivity contribution in [3.8, 4) is 0 Å². The first-order valence-corrected chi connectivity index (χ1v) is 9.68. The maximum atomic E-state index is 12.8. The van der Waals surface area contributed by atoms with Gasteiger partial charge in [-0.2, -0.15) is 4.31 Å². The molecule has 1 atom stereocenters. The molecular weight excluding hydrogens is 342 g/mol. The van der Waals surface area contributed by atoms with Gasteiger partial charge in [0.25, 0.3) is 5.91 Å². The zero-order chi connectivity index (χ0) is 18.0. The van der Waals surface area contributed by atoms with Gasteiger partial charge in [0.2, 0.25) is 15.9 Å². The van der Waals surface area contributed by atoms with Gasteiger partial charge in [0.1, 0.15) is 0 Å². The molecule has 1 aliphatic heterocycles. The molecule has 1 aliphatic rings. The fraction of sp³-hybridized carbons (Fsp3) is 0.412. The molecule has 1 N–H and O–H groups in total. The normalized spacial score (nSPS) is 18.9. The van der Waals surface area contributed by atoms with Crippen LogP contribution in [0.15, 0.2) is 39.8 Å². The Morgan fingerprint density at radius 1 is 1.28 bits per heavy atom. The van der Waals surface area contributed by atoms with E-state index < -0.39 is 10.0 Å². The van der Waals surface area contributed by atoms with Crippen molar-refractivity contribution in [2.75, 3.05) is 11.9 Å². The van der Waals surface area contributed by atoms with E-state index in [0.29, 0.717) is 17.8 Å². The molecule has 1 aromatic carbocycles. The van der Waals surface area contributed by atoms with E-state index in [1.165, 1.54) is 24.3 Å². The lowest BCUT2D eigenvalue weighted by molar-refractivity contribution is 0.102. The SMILES string of the molecule is Cc1cc(NC(=O)c2ccc(S(=O)(=O)N3CCCC[C@@H]3C)cc2)on1. The summed E-state index contributed by atoms with van der Waals surface area (Å²) in [6.45, 7) is 4.22. The van der Waals surface area contributed by atoms with Crippen LogP contribution in [0.5, 0.6) is 0 Å². The first kappa shape index (κ1) is 17.6. The van der Waals surface area contributed by atoms with Crippen LogP contribution in [0, 0.1) is 6.92 Å². The Hall–Kier alpha value is -2.19. The number of aromatic nitrogens is 1. The molecule has 3 rings (SSSR count). The highest BCUT2D eigenvalue weighted by Gasteiger charge is 2.30. The number of carbonyl (C=O) groups is 1. The van der Waals surface area contributed by atoms with Gasteiger partial charge in [-0.3, -0.25) is 10.1 Å². The van der Waals surface area contributed by atoms with E-state index >= 15 is 0 Å². The smallest absolute Gasteiger partial charge is 0.258 e. The molecule has 0 spiro atoms. The van der Waals surface area contributed by atoms with Gasteiger partial charge < -0.3 is 4.52 Å². The second-order valence-corrected chi connectivity index (χ2v) is 8.16. The number of hydrogen-bond acceptors (Lipinski definition) is 5. The van der Waals surface area contributed by atoms with Crippen molar-refractivity contribution >= 4 is 21.8 Å². The number of nitrogens with zero attached hydrogens (tertiary/aromatic N) is 2. The van der Waals surface area contributed by atoms with E-state index in [2.05, 4.69) is 10.5 Å². The van der Waals surface area contributed by atoms with Crippen molar-refractivity contribution < 1.29 is 17.7 Å². The Morgan fingerprint density at radius 2 is 2.00 bits per heavy atom. The summed E-state index contributed by atoms with van der Waals surface area (Å²) in [6, 6.07) is 7.54. The van der Waals surface area contributed by atoms with Gasteiger partial charge in [0, 0.05) is 24.2 Å². The van der Waals surface area contributed by atoms with E-state index in [1.807, 2.05) is 6.92 Å². The van der Waals surface area contributed by atoms with Crippen LogP contribution >= 0.6 is 0 Å². The lowest BCUT2D eigenvalue weighted by Gasteiger charge is -2.32. The Kier molecular flexibility index (Phi) is 4.91. The average Bonchev–Trinajstić information content (AvgIpc) is 3.00. The molecule has 25 heavy (non-hydrogen) atoms. The zero-order valence-corrected chi connectivity index (χ0v) is 15.0. The first-order valence-electron chi connectivity index (χ1n) is 8.24. The fourth-order valence-electron chi connectivity index (χ4n) is 2.95. The molecule has 1 fully saturated rings. The van der Waals surface area contributed by atoms with Crippen LogP contribution in [0.2, 0.25) is 0 Å². The summed E-state index contributed by atoms with van der Waals surface area (Å²) in [4.78, 5) is 12.4. The van der Waals surface area contributed by atoms with Gasteiger partial charge in [0.05, 0.1) is 10.6 Å². The topological polar surface area (TPSA) is 92.5 Å². The Balaban J connectivity index is 1.76. The van der Waals surface area contributed by atoms with Crippen molar-refractivity contribution in [1.29, 1.82) is 0 Å². The summed E-state index contributed by atoms with van der Waals surface area (Å²) >= 11 is 0. The molecule has 7 nitrogen and oxygen atoms in total. The molecular formula is C17H21N3O4S. The van der Waals surface area contributed by atoms with Crippen LogP contribution in [-0.2, 0) is 10.0 Å². The van der Waals surface area contributed by atoms with Crippen LogP contribution in [0.4, 0.5) is 5.88 Å². The quantitative estimate of drug-likeness (QED) is 0.902. The summed E-state index contributed by atoms with van der Waals surface area (Å²) < 4.78 is 32.0. The summed E-state index contributed by atoms with van der Waals surface area (Å²) in [5, 5.41) is 6.27. The molecule has 0 unspecified atom stereocenters. The van der Waals surface area contributed by atoms with Crippen molar-refractivity contribution in [3.05, 3.63) is 41.6 Å². The van der Waals surface area contributed by atoms with E-state index in [4.69, 9.17) is 4.52 Å². The van der Waals surface area contributed by atoms with Gasteiger partial charge in [-0.25, -0.2) is 8.42 Å².